The molecule has 0 atom stereocenters. The summed E-state index contributed by atoms with van der Waals surface area (Å²) in [5.74, 6) is 0. The number of hydrogen-bond donors (Lipinski definition) is 2. The molecule has 1 aromatic heterocycles. The molecule has 0 amide bonds. The van der Waals surface area contributed by atoms with E-state index in [4.69, 9.17) is 5.73 Å². The molecular formula is C11H14N4O2S. The number of aromatic amines is 1. The van der Waals surface area contributed by atoms with Gasteiger partial charge in [-0.15, -0.1) is 0 Å². The Morgan fingerprint density at radius 3 is 2.50 bits per heavy atom. The molecule has 2 rings (SSSR count). The topological polar surface area (TPSA) is 92.1 Å². The molecule has 0 bridgehead atoms. The van der Waals surface area contributed by atoms with E-state index >= 15 is 0 Å². The number of nitrogens with two attached hydrogens (primary N) is 1. The molecular weight excluding hydrogens is 252 g/mol. The first-order chi connectivity index (χ1) is 8.50. The number of sulfonamides is 1. The number of benzene rings is 1. The highest BCUT2D eigenvalue weighted by molar-refractivity contribution is 7.89. The average Bonchev–Trinajstić information content (AvgIpc) is 2.86. The van der Waals surface area contributed by atoms with Gasteiger partial charge < -0.3 is 5.73 Å². The van der Waals surface area contributed by atoms with Gasteiger partial charge in [0.2, 0.25) is 0 Å². The minimum atomic E-state index is -3.52. The van der Waals surface area contributed by atoms with Crippen LogP contribution in [0, 0.1) is 0 Å². The van der Waals surface area contributed by atoms with Gasteiger partial charge in [-0.25, -0.2) is 8.42 Å². The molecule has 0 aliphatic heterocycles. The number of hydrogen-bond acceptors (Lipinski definition) is 4. The lowest BCUT2D eigenvalue weighted by Crippen LogP contribution is -2.26. The number of nitrogens with one attached hydrogen (secondary N) is 1. The van der Waals surface area contributed by atoms with Crippen molar-refractivity contribution in [2.45, 2.75) is 11.6 Å². The van der Waals surface area contributed by atoms with E-state index in [1.54, 1.807) is 24.3 Å². The van der Waals surface area contributed by atoms with E-state index in [9.17, 15) is 8.42 Å². The summed E-state index contributed by atoms with van der Waals surface area (Å²) >= 11 is 0. The Morgan fingerprint density at radius 1 is 1.28 bits per heavy atom. The fourth-order valence-corrected chi connectivity index (χ4v) is 2.58. The van der Waals surface area contributed by atoms with Gasteiger partial charge in [-0.1, -0.05) is 12.1 Å². The van der Waals surface area contributed by atoms with Crippen molar-refractivity contribution >= 4 is 15.7 Å². The standard InChI is InChI=1S/C11H14N4O2S/c1-15(8-9-2-4-10(12)5-3-9)18(16,17)11-6-7-13-14-11/h2-7H,8,12H2,1H3,(H,13,14). The first kappa shape index (κ1) is 12.6. The van der Waals surface area contributed by atoms with E-state index in [-0.39, 0.29) is 11.6 Å². The van der Waals surface area contributed by atoms with Crippen LogP contribution in [0.15, 0.2) is 41.6 Å². The van der Waals surface area contributed by atoms with Crippen LogP contribution in [-0.4, -0.2) is 30.0 Å². The zero-order valence-corrected chi connectivity index (χ0v) is 10.7. The van der Waals surface area contributed by atoms with Gasteiger partial charge in [-0.05, 0) is 23.8 Å². The van der Waals surface area contributed by atoms with Crippen molar-refractivity contribution in [2.75, 3.05) is 12.8 Å². The number of nitrogens with zero attached hydrogens (tertiary/aromatic N) is 2. The van der Waals surface area contributed by atoms with Crippen LogP contribution in [0.25, 0.3) is 0 Å². The molecule has 2 aromatic rings. The summed E-state index contributed by atoms with van der Waals surface area (Å²) in [6, 6.07) is 8.51. The number of nitrogen functional groups attached to an aromatic ring is 1. The van der Waals surface area contributed by atoms with Crippen LogP contribution in [0.5, 0.6) is 0 Å². The van der Waals surface area contributed by atoms with Crippen LogP contribution in [0.2, 0.25) is 0 Å². The third-order valence-electron chi connectivity index (χ3n) is 2.55. The van der Waals surface area contributed by atoms with Crippen molar-refractivity contribution < 1.29 is 8.42 Å². The molecule has 0 fully saturated rings. The molecule has 0 aliphatic carbocycles. The fourth-order valence-electron chi connectivity index (χ4n) is 1.52. The Balaban J connectivity index is 2.17. The molecule has 96 valence electrons. The van der Waals surface area contributed by atoms with E-state index in [2.05, 4.69) is 10.2 Å². The average molecular weight is 266 g/mol. The van der Waals surface area contributed by atoms with Crippen molar-refractivity contribution in [1.82, 2.24) is 14.5 Å². The molecule has 0 spiro atoms. The third kappa shape index (κ3) is 2.52. The maximum Gasteiger partial charge on any atom is 0.260 e. The summed E-state index contributed by atoms with van der Waals surface area (Å²) in [6.07, 6.45) is 1.41. The van der Waals surface area contributed by atoms with Crippen molar-refractivity contribution in [3.05, 3.63) is 42.1 Å². The van der Waals surface area contributed by atoms with Gasteiger partial charge in [0.1, 0.15) is 0 Å². The first-order valence-electron chi connectivity index (χ1n) is 5.30. The number of anilines is 1. The third-order valence-corrected chi connectivity index (χ3v) is 4.28. The highest BCUT2D eigenvalue weighted by Gasteiger charge is 2.21. The molecule has 1 heterocycles. The van der Waals surface area contributed by atoms with Gasteiger partial charge >= 0.3 is 0 Å². The first-order valence-corrected chi connectivity index (χ1v) is 6.74. The van der Waals surface area contributed by atoms with Crippen LogP contribution in [0.3, 0.4) is 0 Å². The summed E-state index contributed by atoms with van der Waals surface area (Å²) in [5.41, 5.74) is 7.10. The molecule has 6 nitrogen and oxygen atoms in total. The zero-order chi connectivity index (χ0) is 13.2. The maximum atomic E-state index is 12.1. The lowest BCUT2D eigenvalue weighted by Gasteiger charge is -2.15. The van der Waals surface area contributed by atoms with Gasteiger partial charge in [-0.3, -0.25) is 5.10 Å². The summed E-state index contributed by atoms with van der Waals surface area (Å²) in [6.45, 7) is 0.279. The Morgan fingerprint density at radius 2 is 1.94 bits per heavy atom. The summed E-state index contributed by atoms with van der Waals surface area (Å²) < 4.78 is 25.4. The minimum absolute atomic E-state index is 0.0837. The highest BCUT2D eigenvalue weighted by Crippen LogP contribution is 2.14. The number of H-pyrrole nitrogens is 1. The van der Waals surface area contributed by atoms with Gasteiger partial charge in [0.25, 0.3) is 10.0 Å². The lowest BCUT2D eigenvalue weighted by molar-refractivity contribution is 0.463. The summed E-state index contributed by atoms with van der Waals surface area (Å²) in [5, 5.41) is 6.18. The zero-order valence-electron chi connectivity index (χ0n) is 9.87. The fraction of sp³-hybridized carbons (Fsp3) is 0.182. The van der Waals surface area contributed by atoms with Crippen LogP contribution in [0.4, 0.5) is 5.69 Å². The Bertz CT molecular complexity index is 605. The minimum Gasteiger partial charge on any atom is -0.399 e. The molecule has 0 aliphatic rings. The second-order valence-corrected chi connectivity index (χ2v) is 5.94. The SMILES string of the molecule is CN(Cc1ccc(N)cc1)S(=O)(=O)c1ccn[nH]1. The van der Waals surface area contributed by atoms with Crippen LogP contribution < -0.4 is 5.73 Å². The second kappa shape index (κ2) is 4.79. The van der Waals surface area contributed by atoms with Crippen molar-refractivity contribution in [1.29, 1.82) is 0 Å². The molecule has 0 saturated heterocycles. The van der Waals surface area contributed by atoms with E-state index in [1.807, 2.05) is 0 Å². The predicted molar refractivity (Wildman–Crippen MR) is 68.1 cm³/mol. The quantitative estimate of drug-likeness (QED) is 0.801. The molecule has 0 saturated carbocycles. The van der Waals surface area contributed by atoms with Gasteiger partial charge in [-0.2, -0.15) is 9.40 Å². The van der Waals surface area contributed by atoms with Crippen LogP contribution in [-0.2, 0) is 16.6 Å². The molecule has 18 heavy (non-hydrogen) atoms. The van der Waals surface area contributed by atoms with E-state index in [1.165, 1.54) is 23.6 Å². The lowest BCUT2D eigenvalue weighted by atomic mass is 10.2. The van der Waals surface area contributed by atoms with E-state index in [0.29, 0.717) is 5.69 Å². The molecule has 1 aromatic carbocycles. The van der Waals surface area contributed by atoms with E-state index < -0.39 is 10.0 Å². The maximum absolute atomic E-state index is 12.1. The second-order valence-electron chi connectivity index (χ2n) is 3.92. The number of aromatic nitrogens is 2. The Labute approximate surface area is 105 Å². The van der Waals surface area contributed by atoms with Crippen molar-refractivity contribution in [3.63, 3.8) is 0 Å². The van der Waals surface area contributed by atoms with Crippen LogP contribution in [0.1, 0.15) is 5.56 Å². The van der Waals surface area contributed by atoms with Crippen molar-refractivity contribution in [3.8, 4) is 0 Å². The van der Waals surface area contributed by atoms with Gasteiger partial charge in [0, 0.05) is 19.3 Å². The number of rotatable bonds is 4. The smallest absolute Gasteiger partial charge is 0.260 e. The Kier molecular flexibility index (Phi) is 3.35. The van der Waals surface area contributed by atoms with Gasteiger partial charge in [0.15, 0.2) is 5.03 Å². The molecule has 0 unspecified atom stereocenters. The predicted octanol–water partition coefficient (Wildman–Crippen LogP) is 0.813. The Hall–Kier alpha value is -1.86. The highest BCUT2D eigenvalue weighted by atomic mass is 32.2. The molecule has 7 heteroatoms. The molecule has 0 radical (unpaired) electrons. The van der Waals surface area contributed by atoms with E-state index in [0.717, 1.165) is 5.56 Å². The largest absolute Gasteiger partial charge is 0.399 e. The monoisotopic (exact) mass is 266 g/mol. The molecule has 3 N–H and O–H groups in total. The van der Waals surface area contributed by atoms with Crippen molar-refractivity contribution in [2.24, 2.45) is 0 Å². The normalized spacial score (nSPS) is 11.9. The van der Waals surface area contributed by atoms with Crippen LogP contribution >= 0.6 is 0 Å². The summed E-state index contributed by atoms with van der Waals surface area (Å²) in [7, 11) is -2.00. The summed E-state index contributed by atoms with van der Waals surface area (Å²) in [4.78, 5) is 0. The van der Waals surface area contributed by atoms with Gasteiger partial charge in [0.05, 0.1) is 6.20 Å².